The van der Waals surface area contributed by atoms with Gasteiger partial charge in [-0.25, -0.2) is 8.42 Å². The topological polar surface area (TPSA) is 57.2 Å². The number of rotatable bonds is 5. The van der Waals surface area contributed by atoms with Crippen molar-refractivity contribution in [3.05, 3.63) is 127 Å². The van der Waals surface area contributed by atoms with E-state index in [4.69, 9.17) is 0 Å². The van der Waals surface area contributed by atoms with Gasteiger partial charge in [0.05, 0.1) is 4.90 Å². The Morgan fingerprint density at radius 1 is 0.441 bits per heavy atom. The summed E-state index contributed by atoms with van der Waals surface area (Å²) in [5, 5.41) is 0. The molecule has 0 aliphatic carbocycles. The summed E-state index contributed by atoms with van der Waals surface area (Å²) < 4.78 is 39.1. The molecule has 0 radical (unpaired) electrons. The normalized spacial score (nSPS) is 11.3. The monoisotopic (exact) mass is 461 g/mol. The quantitative estimate of drug-likeness (QED) is 0.259. The molecule has 34 heavy (non-hydrogen) atoms. The Labute approximate surface area is 199 Å². The van der Waals surface area contributed by atoms with Crippen molar-refractivity contribution in [1.82, 2.24) is 0 Å². The number of hydrogen-bond donors (Lipinski definition) is 0. The third kappa shape index (κ3) is 4.17. The first-order chi connectivity index (χ1) is 16.5. The Kier molecular flexibility index (Phi) is 5.84. The largest absolute Gasteiger partial charge is 0.744 e. The summed E-state index contributed by atoms with van der Waals surface area (Å²) in [6.07, 6.45) is 0. The van der Waals surface area contributed by atoms with Crippen molar-refractivity contribution in [3.63, 3.8) is 0 Å². The zero-order valence-electron chi connectivity index (χ0n) is 18.3. The molecule has 0 saturated heterocycles. The fraction of sp³-hybridized carbons (Fsp3) is 0. The van der Waals surface area contributed by atoms with Gasteiger partial charge in [0.1, 0.15) is 10.1 Å². The second-order valence-corrected chi connectivity index (χ2v) is 9.29. The molecule has 0 fully saturated rings. The Morgan fingerprint density at radius 2 is 0.735 bits per heavy atom. The number of hydrogen-bond acceptors (Lipinski definition) is 3. The van der Waals surface area contributed by atoms with E-state index in [1.807, 2.05) is 127 Å². The lowest BCUT2D eigenvalue weighted by atomic mass is 9.85. The van der Waals surface area contributed by atoms with E-state index in [0.717, 1.165) is 11.1 Å². The highest BCUT2D eigenvalue weighted by atomic mass is 32.2. The van der Waals surface area contributed by atoms with Gasteiger partial charge in [-0.1, -0.05) is 121 Å². The molecule has 0 spiro atoms. The predicted octanol–water partition coefficient (Wildman–Crippen LogP) is 7.26. The van der Waals surface area contributed by atoms with Gasteiger partial charge in [-0.05, 0) is 39.4 Å². The predicted molar refractivity (Wildman–Crippen MR) is 136 cm³/mol. The van der Waals surface area contributed by atoms with Crippen molar-refractivity contribution < 1.29 is 13.0 Å². The van der Waals surface area contributed by atoms with Crippen LogP contribution in [0.25, 0.3) is 44.5 Å². The van der Waals surface area contributed by atoms with Gasteiger partial charge in [-0.15, -0.1) is 0 Å². The third-order valence-electron chi connectivity index (χ3n) is 5.83. The lowest BCUT2D eigenvalue weighted by molar-refractivity contribution is 0.464. The summed E-state index contributed by atoms with van der Waals surface area (Å²) in [4.78, 5) is -0.204. The molecule has 0 N–H and O–H groups in total. The first-order valence-corrected chi connectivity index (χ1v) is 12.3. The van der Waals surface area contributed by atoms with E-state index in [1.165, 1.54) is 0 Å². The van der Waals surface area contributed by atoms with Crippen LogP contribution in [0.1, 0.15) is 0 Å². The van der Waals surface area contributed by atoms with Crippen molar-refractivity contribution in [2.75, 3.05) is 0 Å². The van der Waals surface area contributed by atoms with Crippen LogP contribution in [-0.4, -0.2) is 13.0 Å². The van der Waals surface area contributed by atoms with Gasteiger partial charge >= 0.3 is 0 Å². The van der Waals surface area contributed by atoms with Crippen LogP contribution >= 0.6 is 0 Å². The van der Waals surface area contributed by atoms with Crippen molar-refractivity contribution in [3.8, 4) is 44.5 Å². The minimum atomic E-state index is -4.87. The van der Waals surface area contributed by atoms with Crippen LogP contribution < -0.4 is 0 Å². The van der Waals surface area contributed by atoms with E-state index in [1.54, 1.807) is 0 Å². The fourth-order valence-electron chi connectivity index (χ4n) is 4.38. The average Bonchev–Trinajstić information content (AvgIpc) is 2.89. The second-order valence-electron chi connectivity index (χ2n) is 7.97. The van der Waals surface area contributed by atoms with Crippen LogP contribution in [0.5, 0.6) is 0 Å². The molecule has 0 aliphatic rings. The summed E-state index contributed by atoms with van der Waals surface area (Å²) in [7, 11) is -4.87. The van der Waals surface area contributed by atoms with Crippen molar-refractivity contribution in [1.29, 1.82) is 0 Å². The fourth-order valence-corrected chi connectivity index (χ4v) is 5.34. The molecular weight excluding hydrogens is 440 g/mol. The molecule has 0 amide bonds. The van der Waals surface area contributed by atoms with Gasteiger partial charge in [0.2, 0.25) is 0 Å². The lowest BCUT2D eigenvalue weighted by Gasteiger charge is -2.25. The molecule has 166 valence electrons. The van der Waals surface area contributed by atoms with Crippen LogP contribution in [0.4, 0.5) is 0 Å². The molecule has 5 rings (SSSR count). The molecule has 0 aliphatic heterocycles. The molecule has 0 saturated carbocycles. The van der Waals surface area contributed by atoms with Gasteiger partial charge < -0.3 is 4.55 Å². The lowest BCUT2D eigenvalue weighted by Crippen LogP contribution is -2.07. The molecule has 0 unspecified atom stereocenters. The highest BCUT2D eigenvalue weighted by Crippen LogP contribution is 2.47. The Morgan fingerprint density at radius 3 is 1.03 bits per heavy atom. The van der Waals surface area contributed by atoms with Gasteiger partial charge in [0, 0.05) is 11.1 Å². The molecule has 4 heteroatoms. The van der Waals surface area contributed by atoms with E-state index in [-0.39, 0.29) is 4.90 Å². The Hall–Kier alpha value is -3.99. The molecule has 5 aromatic rings. The molecule has 0 aromatic heterocycles. The second kappa shape index (κ2) is 9.10. The van der Waals surface area contributed by atoms with E-state index in [2.05, 4.69) is 0 Å². The van der Waals surface area contributed by atoms with Crippen molar-refractivity contribution in [2.24, 2.45) is 0 Å². The van der Waals surface area contributed by atoms with Crippen LogP contribution in [0.15, 0.2) is 132 Å². The summed E-state index contributed by atoms with van der Waals surface area (Å²) >= 11 is 0. The summed E-state index contributed by atoms with van der Waals surface area (Å²) in [5.74, 6) is 0. The molecule has 0 heterocycles. The van der Waals surface area contributed by atoms with Crippen LogP contribution in [0.2, 0.25) is 0 Å². The highest BCUT2D eigenvalue weighted by Gasteiger charge is 2.25. The summed E-state index contributed by atoms with van der Waals surface area (Å²) in [6, 6.07) is 39.7. The van der Waals surface area contributed by atoms with Crippen molar-refractivity contribution >= 4 is 10.1 Å². The third-order valence-corrected chi connectivity index (χ3v) is 6.73. The number of benzene rings is 5. The summed E-state index contributed by atoms with van der Waals surface area (Å²) in [5.41, 5.74) is 5.24. The molecule has 3 nitrogen and oxygen atoms in total. The Bertz CT molecular complexity index is 1430. The van der Waals surface area contributed by atoms with E-state index in [9.17, 15) is 13.0 Å². The average molecular weight is 462 g/mol. The van der Waals surface area contributed by atoms with Crippen LogP contribution in [0.3, 0.4) is 0 Å². The molecule has 5 aromatic carbocycles. The Balaban J connectivity index is 2.03. The zero-order chi connectivity index (χ0) is 23.5. The van der Waals surface area contributed by atoms with Gasteiger partial charge in [-0.2, -0.15) is 0 Å². The molecule has 0 atom stereocenters. The minimum absolute atomic E-state index is 0.204. The maximum atomic E-state index is 13.0. The van der Waals surface area contributed by atoms with E-state index in [0.29, 0.717) is 33.4 Å². The first kappa shape index (κ1) is 21.8. The molecular formula is C30H21O3S-. The standard InChI is InChI=1S/C30H22O3S/c31-34(32,33)30-28(24-17-9-3-10-18-24)26(22-13-5-1-6-14-22)21-27(23-15-7-2-8-16-23)29(30)25-19-11-4-12-20-25/h1-21H,(H,31,32,33)/p-1. The minimum Gasteiger partial charge on any atom is -0.744 e. The smallest absolute Gasteiger partial charge is 0.125 e. The van der Waals surface area contributed by atoms with Crippen LogP contribution in [0, 0.1) is 0 Å². The highest BCUT2D eigenvalue weighted by molar-refractivity contribution is 7.86. The van der Waals surface area contributed by atoms with E-state index < -0.39 is 10.1 Å². The maximum absolute atomic E-state index is 13.0. The first-order valence-electron chi connectivity index (χ1n) is 10.9. The zero-order valence-corrected chi connectivity index (χ0v) is 19.1. The maximum Gasteiger partial charge on any atom is 0.125 e. The summed E-state index contributed by atoms with van der Waals surface area (Å²) in [6.45, 7) is 0. The van der Waals surface area contributed by atoms with Crippen molar-refractivity contribution in [2.45, 2.75) is 4.90 Å². The van der Waals surface area contributed by atoms with E-state index >= 15 is 0 Å². The van der Waals surface area contributed by atoms with Gasteiger partial charge in [0.25, 0.3) is 0 Å². The van der Waals surface area contributed by atoms with Gasteiger partial charge in [0.15, 0.2) is 0 Å². The van der Waals surface area contributed by atoms with Crippen LogP contribution in [-0.2, 0) is 10.1 Å². The van der Waals surface area contributed by atoms with Gasteiger partial charge in [-0.3, -0.25) is 0 Å². The molecule has 0 bridgehead atoms. The SMILES string of the molecule is O=S(=O)([O-])c1c(-c2ccccc2)c(-c2ccccc2)cc(-c2ccccc2)c1-c1ccccc1.